The number of hydrogen-bond donors (Lipinski definition) is 12. The topological polar surface area (TPSA) is 328 Å². The Morgan fingerprint density at radius 2 is 1.25 bits per heavy atom. The first kappa shape index (κ1) is 39.0. The second-order valence-corrected chi connectivity index (χ2v) is 12.9. The van der Waals surface area contributed by atoms with Crippen molar-refractivity contribution in [3.63, 3.8) is 0 Å². The number of aliphatic hydroxyl groups is 10. The molecule has 0 radical (unpaired) electrons. The Balaban J connectivity index is 1.36. The highest BCUT2D eigenvalue weighted by Crippen LogP contribution is 2.39. The second kappa shape index (κ2) is 15.6. The van der Waals surface area contributed by atoms with Crippen molar-refractivity contribution < 1.29 is 94.1 Å². The van der Waals surface area contributed by atoms with Crippen LogP contribution in [0.25, 0.3) is 22.3 Å². The van der Waals surface area contributed by atoms with Gasteiger partial charge in [0.25, 0.3) is 0 Å². The second-order valence-electron chi connectivity index (χ2n) is 12.9. The molecule has 20 nitrogen and oxygen atoms in total. The summed E-state index contributed by atoms with van der Waals surface area (Å²) in [6.45, 7) is -0.272. The van der Waals surface area contributed by atoms with Crippen LogP contribution < -0.4 is 14.9 Å². The lowest BCUT2D eigenvalue weighted by Crippen LogP contribution is -2.65. The number of rotatable bonds is 9. The van der Waals surface area contributed by atoms with E-state index in [9.17, 15) is 66.1 Å². The van der Waals surface area contributed by atoms with Crippen molar-refractivity contribution in [1.82, 2.24) is 0 Å². The monoisotopic (exact) mass is 756 g/mol. The lowest BCUT2D eigenvalue weighted by atomic mass is 9.97. The zero-order chi connectivity index (χ0) is 38.5. The summed E-state index contributed by atoms with van der Waals surface area (Å²) in [5, 5.41) is 124. The fraction of sp³-hybridized carbons (Fsp3) is 0.545. The minimum atomic E-state index is -2.05. The molecule has 3 saturated heterocycles. The van der Waals surface area contributed by atoms with Crippen LogP contribution in [0.1, 0.15) is 6.92 Å². The molecule has 2 aromatic carbocycles. The Morgan fingerprint density at radius 3 is 1.91 bits per heavy atom. The maximum atomic E-state index is 14.1. The molecule has 1 aromatic heterocycles. The van der Waals surface area contributed by atoms with Crippen LogP contribution in [-0.4, -0.2) is 167 Å². The number of aromatic hydroxyl groups is 2. The molecule has 0 unspecified atom stereocenters. The number of ether oxygens (including phenoxy) is 6. The van der Waals surface area contributed by atoms with Crippen molar-refractivity contribution in [1.29, 1.82) is 0 Å². The maximum Gasteiger partial charge on any atom is 0.239 e. The molecule has 53 heavy (non-hydrogen) atoms. The van der Waals surface area contributed by atoms with Crippen molar-refractivity contribution >= 4 is 11.0 Å². The van der Waals surface area contributed by atoms with Crippen LogP contribution >= 0.6 is 0 Å². The Bertz CT molecular complexity index is 1780. The average molecular weight is 757 g/mol. The lowest BCUT2D eigenvalue weighted by molar-refractivity contribution is -0.352. The van der Waals surface area contributed by atoms with Gasteiger partial charge in [0.05, 0.1) is 19.3 Å². The van der Waals surface area contributed by atoms with Gasteiger partial charge in [0.2, 0.25) is 23.8 Å². The smallest absolute Gasteiger partial charge is 0.239 e. The van der Waals surface area contributed by atoms with E-state index in [0.717, 1.165) is 12.1 Å². The Morgan fingerprint density at radius 1 is 0.660 bits per heavy atom. The van der Waals surface area contributed by atoms with Gasteiger partial charge in [0.1, 0.15) is 95.4 Å². The quantitative estimate of drug-likeness (QED) is 0.0992. The highest BCUT2D eigenvalue weighted by atomic mass is 16.7. The Kier molecular flexibility index (Phi) is 11.5. The summed E-state index contributed by atoms with van der Waals surface area (Å²) in [5.41, 5.74) is -1.25. The van der Waals surface area contributed by atoms with Gasteiger partial charge in [0.15, 0.2) is 12.1 Å². The van der Waals surface area contributed by atoms with E-state index < -0.39 is 128 Å². The molecule has 0 bridgehead atoms. The number of hydrogen-bond acceptors (Lipinski definition) is 20. The molecule has 0 aliphatic carbocycles. The molecule has 3 aliphatic heterocycles. The van der Waals surface area contributed by atoms with Crippen LogP contribution in [0.5, 0.6) is 23.0 Å². The van der Waals surface area contributed by atoms with Crippen LogP contribution in [0.2, 0.25) is 0 Å². The summed E-state index contributed by atoms with van der Waals surface area (Å²) >= 11 is 0. The fourth-order valence-electron chi connectivity index (χ4n) is 6.24. The normalized spacial score (nSPS) is 37.8. The minimum Gasteiger partial charge on any atom is -0.508 e. The van der Waals surface area contributed by atoms with Crippen LogP contribution in [-0.2, 0) is 18.9 Å². The third-order valence-corrected chi connectivity index (χ3v) is 9.29. The maximum absolute atomic E-state index is 14.1. The molecule has 0 amide bonds. The summed E-state index contributed by atoms with van der Waals surface area (Å²) in [7, 11) is 0. The summed E-state index contributed by atoms with van der Waals surface area (Å²) in [5.74, 6) is -2.15. The lowest BCUT2D eigenvalue weighted by Gasteiger charge is -2.45. The van der Waals surface area contributed by atoms with Crippen LogP contribution in [0.4, 0.5) is 0 Å². The summed E-state index contributed by atoms with van der Waals surface area (Å²) in [4.78, 5) is 14.1. The van der Waals surface area contributed by atoms with Gasteiger partial charge in [-0.1, -0.05) is 0 Å². The summed E-state index contributed by atoms with van der Waals surface area (Å²) in [6.07, 6.45) is -25.3. The molecule has 3 fully saturated rings. The van der Waals surface area contributed by atoms with Crippen LogP contribution in [0.15, 0.2) is 45.6 Å². The van der Waals surface area contributed by atoms with E-state index >= 15 is 0 Å². The predicted octanol–water partition coefficient (Wildman–Crippen LogP) is -3.92. The highest BCUT2D eigenvalue weighted by molar-refractivity contribution is 5.88. The first-order valence-corrected chi connectivity index (χ1v) is 16.4. The van der Waals surface area contributed by atoms with E-state index in [2.05, 4.69) is 0 Å². The van der Waals surface area contributed by atoms with Crippen LogP contribution in [0, 0.1) is 0 Å². The van der Waals surface area contributed by atoms with E-state index in [1.807, 2.05) is 0 Å². The van der Waals surface area contributed by atoms with Gasteiger partial charge in [0, 0.05) is 17.7 Å². The molecule has 292 valence electrons. The molecular weight excluding hydrogens is 716 g/mol. The number of benzene rings is 2. The molecule has 6 rings (SSSR count). The van der Waals surface area contributed by atoms with E-state index in [4.69, 9.17) is 32.8 Å². The van der Waals surface area contributed by atoms with E-state index in [1.54, 1.807) is 0 Å². The van der Waals surface area contributed by atoms with Crippen molar-refractivity contribution in [2.24, 2.45) is 0 Å². The molecule has 3 aliphatic rings. The molecule has 4 heterocycles. The molecule has 3 aromatic rings. The summed E-state index contributed by atoms with van der Waals surface area (Å²) < 4.78 is 39.5. The van der Waals surface area contributed by atoms with Gasteiger partial charge in [-0.25, -0.2) is 0 Å². The number of fused-ring (bicyclic) bond motifs is 1. The van der Waals surface area contributed by atoms with Crippen molar-refractivity contribution in [2.45, 2.75) is 99.0 Å². The van der Waals surface area contributed by atoms with Gasteiger partial charge >= 0.3 is 0 Å². The van der Waals surface area contributed by atoms with Gasteiger partial charge < -0.3 is 94.1 Å². The SMILES string of the molecule is C[C@@H]1O[C@H](Oc2cc(O)c3c(=O)c(O[C@@H]4O[C@H](CO)[C@@H](O)[C@H](O[C@H]5O[C@H](CO)[C@@H](O)[C@@H](O)[C@H]5O)[C@H]4O)c(-c4ccc(O)cc4)oc3c2)[C@H](O)[C@@H](O)[C@H]1O. The molecule has 0 spiro atoms. The van der Waals surface area contributed by atoms with Crippen LogP contribution in [0.3, 0.4) is 0 Å². The van der Waals surface area contributed by atoms with Crippen molar-refractivity contribution in [3.8, 4) is 34.3 Å². The highest BCUT2D eigenvalue weighted by Gasteiger charge is 2.52. The van der Waals surface area contributed by atoms with Gasteiger partial charge in [-0.05, 0) is 31.2 Å². The fourth-order valence-corrected chi connectivity index (χ4v) is 6.24. The van der Waals surface area contributed by atoms with Gasteiger partial charge in [-0.2, -0.15) is 0 Å². The first-order chi connectivity index (χ1) is 25.1. The number of phenolic OH excluding ortho intramolecular Hbond substituents is 2. The third-order valence-electron chi connectivity index (χ3n) is 9.29. The van der Waals surface area contributed by atoms with Gasteiger partial charge in [-0.3, -0.25) is 4.79 Å². The Hall–Kier alpha value is -3.71. The average Bonchev–Trinajstić information content (AvgIpc) is 3.13. The molecule has 12 N–H and O–H groups in total. The largest absolute Gasteiger partial charge is 0.508 e. The first-order valence-electron chi connectivity index (χ1n) is 16.4. The zero-order valence-electron chi connectivity index (χ0n) is 27.7. The summed E-state index contributed by atoms with van der Waals surface area (Å²) in [6, 6.07) is 7.27. The molecule has 15 atom stereocenters. The molecule has 0 saturated carbocycles. The van der Waals surface area contributed by atoms with E-state index in [0.29, 0.717) is 0 Å². The number of phenols is 2. The zero-order valence-corrected chi connectivity index (χ0v) is 27.7. The van der Waals surface area contributed by atoms with Crippen molar-refractivity contribution in [2.75, 3.05) is 13.2 Å². The number of aliphatic hydroxyl groups excluding tert-OH is 10. The predicted molar refractivity (Wildman–Crippen MR) is 171 cm³/mol. The standard InChI is InChI=1S/C33H40O20/c1-10-19(38)23(42)25(44)31(47-10)48-13-6-14(37)18-15(7-13)49-28(11-2-4-12(36)5-3-11)30(22(18)41)53-33-27(46)29(21(40)17(9-35)51-33)52-32-26(45)24(43)20(39)16(8-34)50-32/h2-7,10,16-17,19-21,23-27,29,31-40,42-46H,8-9H2,1H3/t10-,16+,17+,19-,20+,21+,23-,24+,25+,26+,27+,29-,31+,32+,33-/m0/s1. The van der Waals surface area contributed by atoms with E-state index in [1.165, 1.54) is 31.2 Å². The Labute approximate surface area is 298 Å². The van der Waals surface area contributed by atoms with Crippen molar-refractivity contribution in [3.05, 3.63) is 46.6 Å². The third kappa shape index (κ3) is 7.39. The van der Waals surface area contributed by atoms with E-state index in [-0.39, 0.29) is 28.4 Å². The van der Waals surface area contributed by atoms with Gasteiger partial charge in [-0.15, -0.1) is 0 Å². The molecular formula is C33H40O20. The molecule has 20 heteroatoms. The minimum absolute atomic E-state index is 0.109.